The molecule has 1 atom stereocenters. The van der Waals surface area contributed by atoms with Crippen LogP contribution in [0.5, 0.6) is 0 Å². The summed E-state index contributed by atoms with van der Waals surface area (Å²) in [5.74, 6) is -0.722. The number of amides is 1. The first-order chi connectivity index (χ1) is 15.5. The van der Waals surface area contributed by atoms with Crippen molar-refractivity contribution >= 4 is 34.7 Å². The van der Waals surface area contributed by atoms with E-state index in [1.54, 1.807) is 43.3 Å². The molecule has 1 aliphatic heterocycles. The first-order valence-corrected chi connectivity index (χ1v) is 11.1. The second kappa shape index (κ2) is 8.23. The summed E-state index contributed by atoms with van der Waals surface area (Å²) >= 11 is 6.17. The molecule has 1 aliphatic rings. The van der Waals surface area contributed by atoms with Crippen LogP contribution >= 0.6 is 11.6 Å². The summed E-state index contributed by atoms with van der Waals surface area (Å²) in [5, 5.41) is 11.9. The minimum absolute atomic E-state index is 0.0107. The number of carbonyl (C=O) groups is 2. The second-order valence-corrected chi connectivity index (χ2v) is 9.81. The summed E-state index contributed by atoms with van der Waals surface area (Å²) in [7, 11) is 0. The molecular formula is C27H26ClNO4. The molecule has 1 N–H and O–H groups in total. The number of hydrogen-bond donors (Lipinski definition) is 1. The fourth-order valence-electron chi connectivity index (χ4n) is 4.08. The van der Waals surface area contributed by atoms with Crippen molar-refractivity contribution in [3.05, 3.63) is 93.4 Å². The number of furan rings is 1. The third-order valence-electron chi connectivity index (χ3n) is 5.92. The molecule has 33 heavy (non-hydrogen) atoms. The standard InChI is InChI=1S/C27H26ClNO4/c1-15-9-11-17(27(3,4)5)13-20(15)24(30)22-23(21-12-10-16(2)33-21)29(26(32)25(22)31)19-8-6-7-18(28)14-19/h6-14,23,30H,1-5H3/b24-22+. The Kier molecular flexibility index (Phi) is 5.71. The highest BCUT2D eigenvalue weighted by atomic mass is 35.5. The highest BCUT2D eigenvalue weighted by Crippen LogP contribution is 2.43. The molecule has 0 aliphatic carbocycles. The van der Waals surface area contributed by atoms with E-state index in [4.69, 9.17) is 16.0 Å². The molecule has 1 saturated heterocycles. The first-order valence-electron chi connectivity index (χ1n) is 10.7. The van der Waals surface area contributed by atoms with E-state index in [1.165, 1.54) is 4.90 Å². The molecule has 170 valence electrons. The molecule has 3 aromatic rings. The Morgan fingerprint density at radius 2 is 1.76 bits per heavy atom. The van der Waals surface area contributed by atoms with Gasteiger partial charge in [0.2, 0.25) is 0 Å². The average Bonchev–Trinajstić information content (AvgIpc) is 3.28. The van der Waals surface area contributed by atoms with Crippen molar-refractivity contribution in [1.82, 2.24) is 0 Å². The van der Waals surface area contributed by atoms with E-state index in [1.807, 2.05) is 25.1 Å². The van der Waals surface area contributed by atoms with Crippen molar-refractivity contribution in [3.63, 3.8) is 0 Å². The van der Waals surface area contributed by atoms with Crippen LogP contribution in [0.15, 0.2) is 64.6 Å². The Morgan fingerprint density at radius 3 is 2.36 bits per heavy atom. The van der Waals surface area contributed by atoms with Gasteiger partial charge in [-0.05, 0) is 66.8 Å². The lowest BCUT2D eigenvalue weighted by atomic mass is 9.84. The lowest BCUT2D eigenvalue weighted by Gasteiger charge is -2.24. The zero-order valence-electron chi connectivity index (χ0n) is 19.3. The van der Waals surface area contributed by atoms with Gasteiger partial charge in [-0.2, -0.15) is 0 Å². The zero-order valence-corrected chi connectivity index (χ0v) is 20.0. The molecule has 5 nitrogen and oxygen atoms in total. The Morgan fingerprint density at radius 1 is 1.03 bits per heavy atom. The van der Waals surface area contributed by atoms with Gasteiger partial charge in [0, 0.05) is 16.3 Å². The van der Waals surface area contributed by atoms with Gasteiger partial charge in [-0.1, -0.05) is 50.6 Å². The molecule has 1 amide bonds. The summed E-state index contributed by atoms with van der Waals surface area (Å²) in [6.45, 7) is 9.87. The molecule has 2 aromatic carbocycles. The summed E-state index contributed by atoms with van der Waals surface area (Å²) in [5.41, 5.74) is 2.59. The number of hydrogen-bond acceptors (Lipinski definition) is 4. The fourth-order valence-corrected chi connectivity index (χ4v) is 4.27. The lowest BCUT2D eigenvalue weighted by Crippen LogP contribution is -2.29. The summed E-state index contributed by atoms with van der Waals surface area (Å²) in [4.78, 5) is 27.8. The number of ketones is 1. The zero-order chi connectivity index (χ0) is 24.1. The molecule has 4 rings (SSSR count). The topological polar surface area (TPSA) is 70.8 Å². The maximum atomic E-state index is 13.3. The number of rotatable bonds is 3. The van der Waals surface area contributed by atoms with Crippen molar-refractivity contribution in [2.24, 2.45) is 0 Å². The molecule has 1 unspecified atom stereocenters. The molecule has 0 bridgehead atoms. The van der Waals surface area contributed by atoms with Crippen molar-refractivity contribution in [1.29, 1.82) is 0 Å². The van der Waals surface area contributed by atoms with Crippen LogP contribution in [-0.2, 0) is 15.0 Å². The number of aryl methyl sites for hydroxylation is 2. The van der Waals surface area contributed by atoms with Gasteiger partial charge in [0.15, 0.2) is 0 Å². The smallest absolute Gasteiger partial charge is 0.300 e. The number of Topliss-reactive ketones (excluding diaryl/α,β-unsaturated/α-hetero) is 1. The quantitative estimate of drug-likeness (QED) is 0.274. The first kappa shape index (κ1) is 22.9. The second-order valence-electron chi connectivity index (χ2n) is 9.38. The van der Waals surface area contributed by atoms with Crippen LogP contribution in [0, 0.1) is 13.8 Å². The lowest BCUT2D eigenvalue weighted by molar-refractivity contribution is -0.132. The van der Waals surface area contributed by atoms with Gasteiger partial charge in [0.25, 0.3) is 11.7 Å². The number of anilines is 1. The van der Waals surface area contributed by atoms with Crippen LogP contribution < -0.4 is 4.90 Å². The minimum atomic E-state index is -0.921. The van der Waals surface area contributed by atoms with Crippen LogP contribution in [-0.4, -0.2) is 16.8 Å². The predicted octanol–water partition coefficient (Wildman–Crippen LogP) is 6.47. The highest BCUT2D eigenvalue weighted by molar-refractivity contribution is 6.51. The van der Waals surface area contributed by atoms with Crippen LogP contribution in [0.2, 0.25) is 5.02 Å². The van der Waals surface area contributed by atoms with E-state index in [-0.39, 0.29) is 16.7 Å². The van der Waals surface area contributed by atoms with E-state index in [0.717, 1.165) is 11.1 Å². The monoisotopic (exact) mass is 463 g/mol. The van der Waals surface area contributed by atoms with Gasteiger partial charge in [-0.25, -0.2) is 0 Å². The Labute approximate surface area is 198 Å². The van der Waals surface area contributed by atoms with Gasteiger partial charge in [-0.3, -0.25) is 14.5 Å². The SMILES string of the molecule is Cc1ccc(C2/C(=C(\O)c3cc(C(C)(C)C)ccc3C)C(=O)C(=O)N2c2cccc(Cl)c2)o1. The van der Waals surface area contributed by atoms with E-state index in [9.17, 15) is 14.7 Å². The number of aliphatic hydroxyl groups is 1. The van der Waals surface area contributed by atoms with Crippen molar-refractivity contribution in [3.8, 4) is 0 Å². The number of carbonyl (C=O) groups excluding carboxylic acids is 2. The molecular weight excluding hydrogens is 438 g/mol. The van der Waals surface area contributed by atoms with E-state index in [0.29, 0.717) is 27.8 Å². The van der Waals surface area contributed by atoms with Gasteiger partial charge < -0.3 is 9.52 Å². The molecule has 2 heterocycles. The van der Waals surface area contributed by atoms with Gasteiger partial charge in [0.05, 0.1) is 5.57 Å². The molecule has 1 aromatic heterocycles. The molecule has 1 fully saturated rings. The fraction of sp³-hybridized carbons (Fsp3) is 0.259. The number of benzene rings is 2. The molecule has 0 saturated carbocycles. The van der Waals surface area contributed by atoms with Crippen molar-refractivity contribution in [2.45, 2.75) is 46.1 Å². The molecule has 0 radical (unpaired) electrons. The van der Waals surface area contributed by atoms with Crippen LogP contribution in [0.4, 0.5) is 5.69 Å². The Hall–Kier alpha value is -3.31. The number of halogens is 1. The summed E-state index contributed by atoms with van der Waals surface area (Å²) in [6.07, 6.45) is 0. The summed E-state index contributed by atoms with van der Waals surface area (Å²) in [6, 6.07) is 15.1. The van der Waals surface area contributed by atoms with Crippen LogP contribution in [0.3, 0.4) is 0 Å². The average molecular weight is 464 g/mol. The molecule has 0 spiro atoms. The third-order valence-corrected chi connectivity index (χ3v) is 6.16. The Balaban J connectivity index is 1.97. The normalized spacial score (nSPS) is 18.2. The van der Waals surface area contributed by atoms with Gasteiger partial charge in [0.1, 0.15) is 23.3 Å². The minimum Gasteiger partial charge on any atom is -0.507 e. The predicted molar refractivity (Wildman–Crippen MR) is 130 cm³/mol. The van der Waals surface area contributed by atoms with E-state index >= 15 is 0 Å². The van der Waals surface area contributed by atoms with Gasteiger partial charge in [-0.15, -0.1) is 0 Å². The number of aliphatic hydroxyl groups excluding tert-OH is 1. The highest BCUT2D eigenvalue weighted by Gasteiger charge is 2.48. The van der Waals surface area contributed by atoms with Crippen LogP contribution in [0.25, 0.3) is 5.76 Å². The third kappa shape index (κ3) is 4.09. The van der Waals surface area contributed by atoms with E-state index in [2.05, 4.69) is 20.8 Å². The molecule has 6 heteroatoms. The summed E-state index contributed by atoms with van der Waals surface area (Å²) < 4.78 is 5.85. The maximum Gasteiger partial charge on any atom is 0.300 e. The number of nitrogens with zero attached hydrogens (tertiary/aromatic N) is 1. The van der Waals surface area contributed by atoms with Gasteiger partial charge >= 0.3 is 0 Å². The van der Waals surface area contributed by atoms with Crippen molar-refractivity contribution < 1.29 is 19.1 Å². The van der Waals surface area contributed by atoms with Crippen LogP contribution in [0.1, 0.15) is 55.0 Å². The van der Waals surface area contributed by atoms with Crippen molar-refractivity contribution in [2.75, 3.05) is 4.90 Å². The largest absolute Gasteiger partial charge is 0.507 e. The maximum absolute atomic E-state index is 13.3. The van der Waals surface area contributed by atoms with E-state index < -0.39 is 17.7 Å². The Bertz CT molecular complexity index is 1300.